The number of benzene rings is 2. The number of ether oxygens (including phenoxy) is 1. The molecule has 0 aliphatic rings. The van der Waals surface area contributed by atoms with E-state index in [0.717, 1.165) is 11.1 Å². The molecular weight excluding hydrogens is 454 g/mol. The van der Waals surface area contributed by atoms with Crippen LogP contribution in [0.3, 0.4) is 0 Å². The quantitative estimate of drug-likeness (QED) is 0.475. The van der Waals surface area contributed by atoms with Crippen LogP contribution >= 0.6 is 0 Å². The molecule has 2 aromatic rings. The molecule has 0 saturated heterocycles. The molecule has 0 heterocycles. The van der Waals surface area contributed by atoms with Crippen LogP contribution in [0, 0.1) is 0 Å². The number of carbonyl (C=O) groups excluding carboxylic acids is 3. The van der Waals surface area contributed by atoms with Gasteiger partial charge < -0.3 is 20.3 Å². The zero-order chi connectivity index (χ0) is 26.9. The number of hydrogen-bond acceptors (Lipinski definition) is 4. The van der Waals surface area contributed by atoms with E-state index in [1.807, 2.05) is 68.4 Å². The van der Waals surface area contributed by atoms with Crippen LogP contribution < -0.4 is 10.6 Å². The van der Waals surface area contributed by atoms with E-state index in [9.17, 15) is 14.4 Å². The first-order valence-corrected chi connectivity index (χ1v) is 12.3. The summed E-state index contributed by atoms with van der Waals surface area (Å²) in [5.41, 5.74) is 1.75. The lowest BCUT2D eigenvalue weighted by molar-refractivity contribution is -0.144. The van der Waals surface area contributed by atoms with Crippen molar-refractivity contribution in [3.8, 4) is 0 Å². The lowest BCUT2D eigenvalue weighted by atomic mass is 9.98. The lowest BCUT2D eigenvalue weighted by Gasteiger charge is -2.37. The summed E-state index contributed by atoms with van der Waals surface area (Å²) >= 11 is 0. The Kier molecular flexibility index (Phi) is 10.3. The summed E-state index contributed by atoms with van der Waals surface area (Å²) in [6.07, 6.45) is 1.63. The molecule has 7 nitrogen and oxygen atoms in total. The first-order valence-electron chi connectivity index (χ1n) is 12.3. The Labute approximate surface area is 214 Å². The molecule has 3 atom stereocenters. The van der Waals surface area contributed by atoms with Crippen LogP contribution in [-0.2, 0) is 20.9 Å². The minimum absolute atomic E-state index is 0.278. The summed E-state index contributed by atoms with van der Waals surface area (Å²) < 4.78 is 5.32. The topological polar surface area (TPSA) is 87.7 Å². The van der Waals surface area contributed by atoms with Gasteiger partial charge in [0, 0.05) is 12.6 Å². The molecule has 0 aliphatic heterocycles. The van der Waals surface area contributed by atoms with E-state index in [-0.39, 0.29) is 17.9 Å². The van der Waals surface area contributed by atoms with Crippen LogP contribution in [0.5, 0.6) is 0 Å². The highest BCUT2D eigenvalue weighted by molar-refractivity contribution is 5.92. The first kappa shape index (κ1) is 28.6. The number of nitrogens with one attached hydrogen (secondary N) is 2. The maximum absolute atomic E-state index is 13.7. The Bertz CT molecular complexity index is 1050. The van der Waals surface area contributed by atoms with Crippen molar-refractivity contribution >= 4 is 24.0 Å². The summed E-state index contributed by atoms with van der Waals surface area (Å²) in [6.45, 7) is 14.9. The van der Waals surface area contributed by atoms with Crippen molar-refractivity contribution in [3.63, 3.8) is 0 Å². The summed E-state index contributed by atoms with van der Waals surface area (Å²) in [4.78, 5) is 41.3. The SMILES string of the molecule is C=Cc1cccc(C(C(=O)NCc2ccccc2)N(C(=O)C(C)NC(=O)OC(C)(C)C)C(C)CC)c1. The van der Waals surface area contributed by atoms with Crippen molar-refractivity contribution in [1.82, 2.24) is 15.5 Å². The lowest BCUT2D eigenvalue weighted by Crippen LogP contribution is -2.54. The molecule has 0 saturated carbocycles. The van der Waals surface area contributed by atoms with Crippen LogP contribution in [0.4, 0.5) is 4.79 Å². The highest BCUT2D eigenvalue weighted by Gasteiger charge is 2.37. The molecule has 2 aromatic carbocycles. The number of hydrogen-bond donors (Lipinski definition) is 2. The second-order valence-electron chi connectivity index (χ2n) is 9.85. The predicted octanol–water partition coefficient (Wildman–Crippen LogP) is 5.23. The van der Waals surface area contributed by atoms with Crippen molar-refractivity contribution in [1.29, 1.82) is 0 Å². The van der Waals surface area contributed by atoms with Gasteiger partial charge in [0.15, 0.2) is 0 Å². The van der Waals surface area contributed by atoms with E-state index in [1.54, 1.807) is 38.7 Å². The van der Waals surface area contributed by atoms with Crippen LogP contribution in [0.1, 0.15) is 70.7 Å². The van der Waals surface area contributed by atoms with Gasteiger partial charge in [0.25, 0.3) is 0 Å². The molecular formula is C29H39N3O4. The summed E-state index contributed by atoms with van der Waals surface area (Å²) in [6, 6.07) is 14.9. The standard InChI is InChI=1S/C29H39N3O4/c1-8-20(3)32(27(34)21(4)31-28(35)36-29(5,6)7)25(24-17-13-16-22(9-2)18-24)26(33)30-19-23-14-11-10-12-15-23/h9-18,20-21,25H,2,8,19H2,1,3-7H3,(H,30,33)(H,31,35). The van der Waals surface area contributed by atoms with Gasteiger partial charge in [0.1, 0.15) is 17.7 Å². The Morgan fingerprint density at radius 2 is 1.72 bits per heavy atom. The normalized spacial score (nSPS) is 13.6. The molecule has 2 rings (SSSR count). The smallest absolute Gasteiger partial charge is 0.408 e. The fourth-order valence-electron chi connectivity index (χ4n) is 3.74. The van der Waals surface area contributed by atoms with Crippen LogP contribution in [-0.4, -0.2) is 40.5 Å². The summed E-state index contributed by atoms with van der Waals surface area (Å²) in [5.74, 6) is -0.683. The first-order chi connectivity index (χ1) is 17.0. The molecule has 2 N–H and O–H groups in total. The molecule has 0 aromatic heterocycles. The van der Waals surface area contributed by atoms with Gasteiger partial charge in [-0.1, -0.05) is 68.1 Å². The second kappa shape index (κ2) is 12.9. The van der Waals surface area contributed by atoms with Gasteiger partial charge in [-0.2, -0.15) is 0 Å². The Morgan fingerprint density at radius 1 is 1.06 bits per heavy atom. The van der Waals surface area contributed by atoms with Crippen molar-refractivity contribution < 1.29 is 19.1 Å². The van der Waals surface area contributed by atoms with E-state index in [0.29, 0.717) is 18.5 Å². The largest absolute Gasteiger partial charge is 0.444 e. The summed E-state index contributed by atoms with van der Waals surface area (Å²) in [7, 11) is 0. The van der Waals surface area contributed by atoms with Crippen molar-refractivity contribution in [3.05, 3.63) is 77.9 Å². The number of nitrogens with zero attached hydrogens (tertiary/aromatic N) is 1. The second-order valence-corrected chi connectivity index (χ2v) is 9.85. The third kappa shape index (κ3) is 8.26. The molecule has 3 unspecified atom stereocenters. The van der Waals surface area contributed by atoms with E-state index in [2.05, 4.69) is 17.2 Å². The van der Waals surface area contributed by atoms with E-state index in [4.69, 9.17) is 4.74 Å². The van der Waals surface area contributed by atoms with Gasteiger partial charge in [-0.25, -0.2) is 4.79 Å². The fraction of sp³-hybridized carbons (Fsp3) is 0.414. The maximum atomic E-state index is 13.7. The molecule has 0 fully saturated rings. The number of carbonyl (C=O) groups is 3. The Hall–Kier alpha value is -3.61. The number of amides is 3. The molecule has 0 radical (unpaired) electrons. The molecule has 194 valence electrons. The minimum atomic E-state index is -0.904. The van der Waals surface area contributed by atoms with E-state index >= 15 is 0 Å². The zero-order valence-corrected chi connectivity index (χ0v) is 22.2. The summed E-state index contributed by atoms with van der Waals surface area (Å²) in [5, 5.41) is 5.61. The fourth-order valence-corrected chi connectivity index (χ4v) is 3.74. The molecule has 0 aliphatic carbocycles. The zero-order valence-electron chi connectivity index (χ0n) is 22.2. The van der Waals surface area contributed by atoms with E-state index in [1.165, 1.54) is 0 Å². The van der Waals surface area contributed by atoms with Gasteiger partial charge in [-0.05, 0) is 63.8 Å². The average Bonchev–Trinajstić information content (AvgIpc) is 2.84. The van der Waals surface area contributed by atoms with Gasteiger partial charge in [-0.15, -0.1) is 0 Å². The average molecular weight is 494 g/mol. The van der Waals surface area contributed by atoms with Gasteiger partial charge in [0.05, 0.1) is 0 Å². The monoisotopic (exact) mass is 493 g/mol. The number of alkyl carbamates (subject to hydrolysis) is 1. The highest BCUT2D eigenvalue weighted by Crippen LogP contribution is 2.27. The molecule has 7 heteroatoms. The molecule has 0 bridgehead atoms. The van der Waals surface area contributed by atoms with Crippen molar-refractivity contribution in [2.24, 2.45) is 0 Å². The Balaban J connectivity index is 2.42. The van der Waals surface area contributed by atoms with Crippen molar-refractivity contribution in [2.75, 3.05) is 0 Å². The van der Waals surface area contributed by atoms with E-state index < -0.39 is 23.8 Å². The molecule has 0 spiro atoms. The van der Waals surface area contributed by atoms with Crippen molar-refractivity contribution in [2.45, 2.75) is 78.2 Å². The molecule has 36 heavy (non-hydrogen) atoms. The van der Waals surface area contributed by atoms with Crippen LogP contribution in [0.2, 0.25) is 0 Å². The van der Waals surface area contributed by atoms with Gasteiger partial charge in [-0.3, -0.25) is 9.59 Å². The third-order valence-corrected chi connectivity index (χ3v) is 5.72. The maximum Gasteiger partial charge on any atom is 0.408 e. The minimum Gasteiger partial charge on any atom is -0.444 e. The highest BCUT2D eigenvalue weighted by atomic mass is 16.6. The number of rotatable bonds is 10. The van der Waals surface area contributed by atoms with Gasteiger partial charge in [0.2, 0.25) is 11.8 Å². The van der Waals surface area contributed by atoms with Crippen LogP contribution in [0.15, 0.2) is 61.2 Å². The third-order valence-electron chi connectivity index (χ3n) is 5.72. The van der Waals surface area contributed by atoms with Gasteiger partial charge >= 0.3 is 6.09 Å². The predicted molar refractivity (Wildman–Crippen MR) is 143 cm³/mol. The Morgan fingerprint density at radius 3 is 2.31 bits per heavy atom. The molecule has 3 amide bonds. The van der Waals surface area contributed by atoms with Crippen LogP contribution in [0.25, 0.3) is 6.08 Å².